The lowest BCUT2D eigenvalue weighted by molar-refractivity contribution is -0.138. The lowest BCUT2D eigenvalue weighted by atomic mass is 10.0. The number of pyridine rings is 2. The number of hydrogen-bond donors (Lipinski definition) is 2. The maximum Gasteiger partial charge on any atom is 0.418 e. The molecule has 0 aliphatic heterocycles. The SMILES string of the molecule is CN[S+]([O-])c1cc(NC(=O)c2c(Oc3ccc(F)nc3C)ncc(C(F)(F)F)c2C)ccc1F. The first-order valence-electron chi connectivity index (χ1n) is 9.50. The van der Waals surface area contributed by atoms with Crippen molar-refractivity contribution in [3.63, 3.8) is 0 Å². The molecule has 7 nitrogen and oxygen atoms in total. The number of rotatable bonds is 6. The average Bonchev–Trinajstić information content (AvgIpc) is 2.75. The quantitative estimate of drug-likeness (QED) is 0.290. The van der Waals surface area contributed by atoms with Gasteiger partial charge in [0.2, 0.25) is 16.7 Å². The molecule has 0 fully saturated rings. The van der Waals surface area contributed by atoms with E-state index in [1.165, 1.54) is 20.0 Å². The third-order valence-electron chi connectivity index (χ3n) is 4.62. The van der Waals surface area contributed by atoms with Crippen LogP contribution in [0, 0.1) is 25.6 Å². The molecule has 2 heterocycles. The molecule has 34 heavy (non-hydrogen) atoms. The molecule has 0 aliphatic carbocycles. The topological polar surface area (TPSA) is 99.2 Å². The van der Waals surface area contributed by atoms with E-state index in [4.69, 9.17) is 4.74 Å². The Hall–Kier alpha value is -3.29. The number of nitrogens with zero attached hydrogens (tertiary/aromatic N) is 2. The van der Waals surface area contributed by atoms with Crippen LogP contribution < -0.4 is 14.8 Å². The van der Waals surface area contributed by atoms with E-state index in [9.17, 15) is 31.3 Å². The van der Waals surface area contributed by atoms with Gasteiger partial charge in [0.1, 0.15) is 5.56 Å². The number of carbonyl (C=O) groups excluding carboxylic acids is 1. The summed E-state index contributed by atoms with van der Waals surface area (Å²) in [5.74, 6) is -3.18. The van der Waals surface area contributed by atoms with Gasteiger partial charge in [0, 0.05) is 25.0 Å². The summed E-state index contributed by atoms with van der Waals surface area (Å²) in [6, 6.07) is 5.33. The number of halogens is 5. The van der Waals surface area contributed by atoms with Crippen LogP contribution in [-0.4, -0.2) is 27.5 Å². The molecule has 3 rings (SSSR count). The van der Waals surface area contributed by atoms with Gasteiger partial charge in [-0.25, -0.2) is 14.4 Å². The van der Waals surface area contributed by atoms with E-state index in [0.29, 0.717) is 6.20 Å². The van der Waals surface area contributed by atoms with Crippen molar-refractivity contribution in [2.45, 2.75) is 24.9 Å². The van der Waals surface area contributed by atoms with E-state index < -0.39 is 57.8 Å². The number of benzene rings is 1. The number of ether oxygens (including phenoxy) is 1. The summed E-state index contributed by atoms with van der Waals surface area (Å²) in [7, 11) is 1.33. The van der Waals surface area contributed by atoms with Crippen LogP contribution in [0.2, 0.25) is 0 Å². The molecule has 0 saturated carbocycles. The van der Waals surface area contributed by atoms with Crippen LogP contribution in [0.25, 0.3) is 0 Å². The van der Waals surface area contributed by atoms with Crippen LogP contribution in [0.1, 0.15) is 27.2 Å². The van der Waals surface area contributed by atoms with E-state index in [2.05, 4.69) is 20.0 Å². The van der Waals surface area contributed by atoms with Gasteiger partial charge in [0.15, 0.2) is 11.6 Å². The highest BCUT2D eigenvalue weighted by atomic mass is 32.2. The molecule has 0 aliphatic rings. The molecule has 1 unspecified atom stereocenters. The fourth-order valence-corrected chi connectivity index (χ4v) is 3.67. The van der Waals surface area contributed by atoms with Crippen LogP contribution in [-0.2, 0) is 17.5 Å². The van der Waals surface area contributed by atoms with Gasteiger partial charge in [-0.3, -0.25) is 4.79 Å². The molecule has 180 valence electrons. The Morgan fingerprint density at radius 2 is 1.85 bits per heavy atom. The number of aromatic nitrogens is 2. The van der Waals surface area contributed by atoms with E-state index >= 15 is 0 Å². The lowest BCUT2D eigenvalue weighted by Crippen LogP contribution is -2.21. The van der Waals surface area contributed by atoms with Gasteiger partial charge in [-0.15, -0.1) is 4.72 Å². The third kappa shape index (κ3) is 5.43. The van der Waals surface area contributed by atoms with Crippen molar-refractivity contribution >= 4 is 23.0 Å². The summed E-state index contributed by atoms with van der Waals surface area (Å²) in [6.45, 7) is 2.46. The van der Waals surface area contributed by atoms with Gasteiger partial charge in [-0.1, -0.05) is 0 Å². The monoisotopic (exact) mass is 500 g/mol. The highest BCUT2D eigenvalue weighted by molar-refractivity contribution is 7.89. The maximum absolute atomic E-state index is 14.0. The van der Waals surface area contributed by atoms with Gasteiger partial charge in [-0.2, -0.15) is 17.6 Å². The number of nitrogens with one attached hydrogen (secondary N) is 2. The molecule has 0 spiro atoms. The van der Waals surface area contributed by atoms with Crippen molar-refractivity contribution in [3.8, 4) is 11.6 Å². The molecular formula is C21H17F5N4O3S. The molecule has 2 N–H and O–H groups in total. The van der Waals surface area contributed by atoms with E-state index in [-0.39, 0.29) is 22.0 Å². The first kappa shape index (κ1) is 25.3. The Balaban J connectivity index is 2.06. The van der Waals surface area contributed by atoms with Crippen molar-refractivity contribution < 1.29 is 36.0 Å². The number of anilines is 1. The van der Waals surface area contributed by atoms with Crippen molar-refractivity contribution in [1.29, 1.82) is 0 Å². The minimum atomic E-state index is -4.81. The molecule has 1 aromatic carbocycles. The molecular weight excluding hydrogens is 483 g/mol. The maximum atomic E-state index is 14.0. The van der Waals surface area contributed by atoms with Crippen molar-refractivity contribution in [2.24, 2.45) is 0 Å². The van der Waals surface area contributed by atoms with Gasteiger partial charge >= 0.3 is 6.18 Å². The molecule has 1 amide bonds. The Morgan fingerprint density at radius 1 is 1.15 bits per heavy atom. The van der Waals surface area contributed by atoms with Crippen molar-refractivity contribution in [2.75, 3.05) is 12.4 Å². The zero-order valence-electron chi connectivity index (χ0n) is 17.9. The number of aryl methyl sites for hydroxylation is 1. The summed E-state index contributed by atoms with van der Waals surface area (Å²) in [5.41, 5.74) is -2.17. The Morgan fingerprint density at radius 3 is 2.47 bits per heavy atom. The third-order valence-corrected chi connectivity index (χ3v) is 5.70. The zero-order chi connectivity index (χ0) is 25.2. The fraction of sp³-hybridized carbons (Fsp3) is 0.190. The van der Waals surface area contributed by atoms with Crippen LogP contribution in [0.4, 0.5) is 27.6 Å². The predicted octanol–water partition coefficient (Wildman–Crippen LogP) is 4.68. The summed E-state index contributed by atoms with van der Waals surface area (Å²) in [5, 5.41) is 2.34. The Labute approximate surface area is 193 Å². The summed E-state index contributed by atoms with van der Waals surface area (Å²) in [6.07, 6.45) is -4.30. The summed E-state index contributed by atoms with van der Waals surface area (Å²) in [4.78, 5) is 20.0. The first-order chi connectivity index (χ1) is 15.9. The number of hydrogen-bond acceptors (Lipinski definition) is 6. The standard InChI is InChI=1S/C21H17F5N4O3S/c1-10-13(21(24,25)26)9-28-20(33-15-6-7-17(23)29-11(15)2)18(10)19(31)30-12-4-5-14(22)16(8-12)34(32)27-3/h4-9,27H,1-3H3,(H,30,31). The highest BCUT2D eigenvalue weighted by Gasteiger charge is 2.36. The van der Waals surface area contributed by atoms with Crippen molar-refractivity contribution in [3.05, 3.63) is 70.7 Å². The second-order valence-corrected chi connectivity index (χ2v) is 8.25. The van der Waals surface area contributed by atoms with Gasteiger partial charge < -0.3 is 14.6 Å². The van der Waals surface area contributed by atoms with Crippen molar-refractivity contribution in [1.82, 2.24) is 14.7 Å². The normalized spacial score (nSPS) is 12.4. The minimum absolute atomic E-state index is 0.0319. The molecule has 0 saturated heterocycles. The summed E-state index contributed by atoms with van der Waals surface area (Å²) < 4.78 is 87.4. The minimum Gasteiger partial charge on any atom is -0.593 e. The Kier molecular flexibility index (Phi) is 7.38. The summed E-state index contributed by atoms with van der Waals surface area (Å²) >= 11 is -1.93. The van der Waals surface area contributed by atoms with Crippen LogP contribution in [0.5, 0.6) is 11.6 Å². The first-order valence-corrected chi connectivity index (χ1v) is 10.6. The number of alkyl halides is 3. The van der Waals surface area contributed by atoms with Gasteiger partial charge in [0.05, 0.1) is 22.6 Å². The second kappa shape index (κ2) is 9.91. The van der Waals surface area contributed by atoms with E-state index in [1.54, 1.807) is 0 Å². The smallest absolute Gasteiger partial charge is 0.418 e. The highest BCUT2D eigenvalue weighted by Crippen LogP contribution is 2.37. The lowest BCUT2D eigenvalue weighted by Gasteiger charge is -2.17. The molecule has 1 atom stereocenters. The van der Waals surface area contributed by atoms with E-state index in [1.807, 2.05) is 0 Å². The molecule has 13 heteroatoms. The number of amides is 1. The fourth-order valence-electron chi connectivity index (χ4n) is 2.97. The molecule has 3 aromatic rings. The molecule has 0 radical (unpaired) electrons. The van der Waals surface area contributed by atoms with Gasteiger partial charge in [0.25, 0.3) is 5.91 Å². The van der Waals surface area contributed by atoms with Crippen LogP contribution in [0.15, 0.2) is 41.4 Å². The molecule has 0 bridgehead atoms. The largest absolute Gasteiger partial charge is 0.593 e. The van der Waals surface area contributed by atoms with Crippen LogP contribution in [0.3, 0.4) is 0 Å². The second-order valence-electron chi connectivity index (χ2n) is 6.87. The van der Waals surface area contributed by atoms with Gasteiger partial charge in [-0.05, 0) is 43.7 Å². The van der Waals surface area contributed by atoms with Crippen LogP contribution >= 0.6 is 0 Å². The average molecular weight is 500 g/mol. The molecule has 2 aromatic heterocycles. The Bertz CT molecular complexity index is 1240. The zero-order valence-corrected chi connectivity index (χ0v) is 18.7. The number of carbonyl (C=O) groups is 1. The predicted molar refractivity (Wildman–Crippen MR) is 113 cm³/mol. The van der Waals surface area contributed by atoms with E-state index in [0.717, 1.165) is 31.2 Å².